The van der Waals surface area contributed by atoms with Gasteiger partial charge in [0.05, 0.1) is 6.04 Å². The molecule has 2 aromatic heterocycles. The first-order valence-electron chi connectivity index (χ1n) is 17.2. The summed E-state index contributed by atoms with van der Waals surface area (Å²) < 4.78 is 22.0. The molecule has 3 aromatic rings. The van der Waals surface area contributed by atoms with E-state index in [0.29, 0.717) is 55.5 Å². The van der Waals surface area contributed by atoms with Crippen molar-refractivity contribution in [3.05, 3.63) is 64.5 Å². The van der Waals surface area contributed by atoms with Crippen molar-refractivity contribution in [2.75, 3.05) is 33.2 Å². The number of ketones is 1. The van der Waals surface area contributed by atoms with Crippen LogP contribution in [0.15, 0.2) is 35.1 Å². The summed E-state index contributed by atoms with van der Waals surface area (Å²) in [6, 6.07) is 4.35. The molecule has 49 heavy (non-hydrogen) atoms. The lowest BCUT2D eigenvalue weighted by Crippen LogP contribution is -2.55. The zero-order valence-electron chi connectivity index (χ0n) is 28.9. The van der Waals surface area contributed by atoms with Crippen LogP contribution in [0.5, 0.6) is 0 Å². The van der Waals surface area contributed by atoms with Crippen molar-refractivity contribution in [3.63, 3.8) is 0 Å². The maximum Gasteiger partial charge on any atom is 0.276 e. The van der Waals surface area contributed by atoms with Gasteiger partial charge in [-0.15, -0.1) is 0 Å². The number of benzene rings is 1. The van der Waals surface area contributed by atoms with Gasteiger partial charge in [0.15, 0.2) is 11.5 Å². The molecule has 3 atom stereocenters. The summed E-state index contributed by atoms with van der Waals surface area (Å²) in [6.07, 6.45) is 5.12. The van der Waals surface area contributed by atoms with Crippen LogP contribution in [0.2, 0.25) is 0 Å². The van der Waals surface area contributed by atoms with Gasteiger partial charge in [-0.1, -0.05) is 50.9 Å². The fraction of sp³-hybridized carbons (Fsp3) is 0.571. The third kappa shape index (κ3) is 8.41. The van der Waals surface area contributed by atoms with Crippen molar-refractivity contribution in [1.82, 2.24) is 40.5 Å². The normalized spacial score (nSPS) is 20.3. The summed E-state index contributed by atoms with van der Waals surface area (Å²) >= 11 is 0. The lowest BCUT2D eigenvalue weighted by molar-refractivity contribution is -0.135. The Kier molecular flexibility index (Phi) is 11.6. The topological polar surface area (TPSA) is 156 Å². The van der Waals surface area contributed by atoms with Gasteiger partial charge in [0.2, 0.25) is 5.91 Å². The predicted molar refractivity (Wildman–Crippen MR) is 178 cm³/mol. The van der Waals surface area contributed by atoms with Crippen LogP contribution in [0.1, 0.15) is 90.2 Å². The van der Waals surface area contributed by atoms with Gasteiger partial charge in [-0.25, -0.2) is 9.02 Å². The monoisotopic (exact) mass is 678 g/mol. The Bertz CT molecular complexity index is 1640. The minimum absolute atomic E-state index is 0.0464. The standard InChI is InChI=1S/C35H47FN8O5/c1-6-27-32(41-49-40-27)34(47)39-31(23-9-7-21(2)8-10-23)29(45)20-25-12-11-24(19-26(25)36)22(3)30(35(48)44-17-15-42(4)16-18-44)38-33(46)28-13-14-37-43(28)5/h11-14,19,21-23,30-31H,6-10,15-18,20H2,1-5H3,(H,38,46)(H,39,47)/t21?,22-,23?,30+,31-/m0/s1. The molecule has 0 spiro atoms. The Labute approximate surface area is 285 Å². The zero-order valence-corrected chi connectivity index (χ0v) is 28.9. The lowest BCUT2D eigenvalue weighted by Gasteiger charge is -2.36. The Morgan fingerprint density at radius 2 is 1.69 bits per heavy atom. The molecule has 14 heteroatoms. The number of likely N-dealkylation sites (N-methyl/N-ethyl adjacent to an activating group) is 1. The van der Waals surface area contributed by atoms with E-state index in [1.165, 1.54) is 16.9 Å². The van der Waals surface area contributed by atoms with Crippen LogP contribution in [0, 0.1) is 17.7 Å². The Morgan fingerprint density at radius 1 is 0.980 bits per heavy atom. The third-order valence-corrected chi connectivity index (χ3v) is 10.2. The molecule has 1 aromatic carbocycles. The summed E-state index contributed by atoms with van der Waals surface area (Å²) in [6.45, 7) is 8.22. The Morgan fingerprint density at radius 3 is 2.33 bits per heavy atom. The predicted octanol–water partition coefficient (Wildman–Crippen LogP) is 2.92. The molecule has 264 valence electrons. The van der Waals surface area contributed by atoms with Gasteiger partial charge in [-0.3, -0.25) is 23.9 Å². The molecule has 0 radical (unpaired) electrons. The highest BCUT2D eigenvalue weighted by molar-refractivity contribution is 5.98. The van der Waals surface area contributed by atoms with E-state index in [9.17, 15) is 19.2 Å². The zero-order chi connectivity index (χ0) is 35.2. The number of Topliss-reactive ketones (excluding diaryl/α,β-unsaturated/α-hetero) is 1. The number of nitrogens with zero attached hydrogens (tertiary/aromatic N) is 6. The number of halogens is 1. The molecular formula is C35H47FN8O5. The molecule has 2 aliphatic rings. The number of aromatic nitrogens is 4. The number of hydrogen-bond donors (Lipinski definition) is 2. The summed E-state index contributed by atoms with van der Waals surface area (Å²) in [5.74, 6) is -2.30. The average molecular weight is 679 g/mol. The maximum absolute atomic E-state index is 15.8. The number of carbonyl (C=O) groups is 4. The quantitative estimate of drug-likeness (QED) is 0.294. The molecule has 1 saturated carbocycles. The number of piperazine rings is 1. The molecule has 13 nitrogen and oxygen atoms in total. The minimum Gasteiger partial charge on any atom is -0.340 e. The molecule has 3 amide bonds. The molecule has 5 rings (SSSR count). The first kappa shape index (κ1) is 35.8. The van der Waals surface area contributed by atoms with Crippen LogP contribution >= 0.6 is 0 Å². The van der Waals surface area contributed by atoms with Crippen molar-refractivity contribution in [2.24, 2.45) is 18.9 Å². The van der Waals surface area contributed by atoms with E-state index in [1.54, 1.807) is 37.1 Å². The summed E-state index contributed by atoms with van der Waals surface area (Å²) in [5, 5.41) is 17.4. The van der Waals surface area contributed by atoms with E-state index in [4.69, 9.17) is 4.63 Å². The summed E-state index contributed by atoms with van der Waals surface area (Å²) in [5.41, 5.74) is 1.43. The van der Waals surface area contributed by atoms with E-state index >= 15 is 4.39 Å². The molecule has 2 fully saturated rings. The Hall–Kier alpha value is -4.46. The number of aryl methyl sites for hydroxylation is 2. The third-order valence-electron chi connectivity index (χ3n) is 10.2. The molecule has 1 saturated heterocycles. The number of amides is 3. The fourth-order valence-corrected chi connectivity index (χ4v) is 6.82. The van der Waals surface area contributed by atoms with E-state index in [-0.39, 0.29) is 35.3 Å². The van der Waals surface area contributed by atoms with E-state index in [1.807, 2.05) is 14.0 Å². The summed E-state index contributed by atoms with van der Waals surface area (Å²) in [4.78, 5) is 58.0. The van der Waals surface area contributed by atoms with Crippen molar-refractivity contribution in [1.29, 1.82) is 0 Å². The van der Waals surface area contributed by atoms with Crippen LogP contribution in [0.3, 0.4) is 0 Å². The maximum atomic E-state index is 15.8. The van der Waals surface area contributed by atoms with E-state index < -0.39 is 35.6 Å². The highest BCUT2D eigenvalue weighted by Crippen LogP contribution is 2.32. The van der Waals surface area contributed by atoms with Crippen LogP contribution in [-0.4, -0.2) is 98.7 Å². The van der Waals surface area contributed by atoms with Crippen molar-refractivity contribution in [2.45, 2.75) is 77.3 Å². The highest BCUT2D eigenvalue weighted by atomic mass is 19.1. The first-order valence-corrected chi connectivity index (χ1v) is 17.2. The van der Waals surface area contributed by atoms with E-state index in [0.717, 1.165) is 25.7 Å². The van der Waals surface area contributed by atoms with Gasteiger partial charge in [-0.2, -0.15) is 5.10 Å². The van der Waals surface area contributed by atoms with Crippen LogP contribution < -0.4 is 10.6 Å². The lowest BCUT2D eigenvalue weighted by atomic mass is 9.77. The summed E-state index contributed by atoms with van der Waals surface area (Å²) in [7, 11) is 3.63. The van der Waals surface area contributed by atoms with Crippen LogP contribution in [0.25, 0.3) is 0 Å². The molecule has 0 unspecified atom stereocenters. The minimum atomic E-state index is -0.968. The van der Waals surface area contributed by atoms with Gasteiger partial charge < -0.3 is 20.4 Å². The molecule has 2 N–H and O–H groups in total. The fourth-order valence-electron chi connectivity index (χ4n) is 6.82. The van der Waals surface area contributed by atoms with Crippen LogP contribution in [-0.2, 0) is 29.5 Å². The number of nitrogens with one attached hydrogen (secondary N) is 2. The van der Waals surface area contributed by atoms with Gasteiger partial charge in [0.25, 0.3) is 11.8 Å². The molecule has 0 bridgehead atoms. The second kappa shape index (κ2) is 15.8. The number of hydrogen-bond acceptors (Lipinski definition) is 9. The van der Waals surface area contributed by atoms with E-state index in [2.05, 4.69) is 37.9 Å². The largest absolute Gasteiger partial charge is 0.340 e. The highest BCUT2D eigenvalue weighted by Gasteiger charge is 2.36. The van der Waals surface area contributed by atoms with Gasteiger partial charge in [0, 0.05) is 51.8 Å². The van der Waals surface area contributed by atoms with Gasteiger partial charge in [0.1, 0.15) is 23.2 Å². The molecule has 3 heterocycles. The van der Waals surface area contributed by atoms with Crippen molar-refractivity contribution >= 4 is 23.5 Å². The second-order valence-electron chi connectivity index (χ2n) is 13.6. The average Bonchev–Trinajstić information content (AvgIpc) is 3.76. The van der Waals surface area contributed by atoms with Gasteiger partial charge in [-0.05, 0) is 66.6 Å². The smallest absolute Gasteiger partial charge is 0.276 e. The number of rotatable bonds is 12. The first-order chi connectivity index (χ1) is 23.5. The van der Waals surface area contributed by atoms with Gasteiger partial charge >= 0.3 is 0 Å². The SMILES string of the molecule is CCc1nonc1C(=O)N[C@H](C(=O)Cc1ccc([C@H](C)[C@@H](NC(=O)c2ccnn2C)C(=O)N2CCN(C)CC2)cc1F)C1CCC(C)CC1. The van der Waals surface area contributed by atoms with Crippen LogP contribution in [0.4, 0.5) is 4.39 Å². The second-order valence-corrected chi connectivity index (χ2v) is 13.6. The molecule has 1 aliphatic heterocycles. The van der Waals surface area contributed by atoms with Crippen molar-refractivity contribution in [3.8, 4) is 0 Å². The number of carbonyl (C=O) groups excluding carboxylic acids is 4. The Balaban J connectivity index is 1.35. The molecular weight excluding hydrogens is 631 g/mol. The van der Waals surface area contributed by atoms with Crippen molar-refractivity contribution < 1.29 is 28.2 Å². The molecule has 1 aliphatic carbocycles.